The fraction of sp³-hybridized carbons (Fsp3) is 0.333. The van der Waals surface area contributed by atoms with Crippen molar-refractivity contribution in [3.63, 3.8) is 0 Å². The Morgan fingerprint density at radius 3 is 2.62 bits per heavy atom. The molecule has 0 saturated carbocycles. The number of halogens is 1. The summed E-state index contributed by atoms with van der Waals surface area (Å²) in [6, 6.07) is 13.0. The second-order valence-corrected chi connectivity index (χ2v) is 5.11. The van der Waals surface area contributed by atoms with Crippen molar-refractivity contribution in [3.05, 3.63) is 65.0 Å². The Morgan fingerprint density at radius 2 is 1.95 bits per heavy atom. The van der Waals surface area contributed by atoms with Crippen molar-refractivity contribution in [1.29, 1.82) is 0 Å². The quantitative estimate of drug-likeness (QED) is 0.866. The summed E-state index contributed by atoms with van der Waals surface area (Å²) in [7, 11) is 1.89. The number of hydrogen-bond donors (Lipinski definition) is 1. The van der Waals surface area contributed by atoms with Crippen LogP contribution >= 0.6 is 0 Å². The maximum atomic E-state index is 13.9. The van der Waals surface area contributed by atoms with Gasteiger partial charge in [0.15, 0.2) is 0 Å². The van der Waals surface area contributed by atoms with Crippen LogP contribution in [0.2, 0.25) is 0 Å². The predicted octanol–water partition coefficient (Wildman–Crippen LogP) is 4.04. The molecule has 0 spiro atoms. The van der Waals surface area contributed by atoms with E-state index in [2.05, 4.69) is 18.3 Å². The van der Waals surface area contributed by atoms with Gasteiger partial charge in [0.05, 0.1) is 6.61 Å². The Kier molecular flexibility index (Phi) is 5.34. The average Bonchev–Trinajstić information content (AvgIpc) is 2.49. The molecule has 2 nitrogen and oxygen atoms in total. The van der Waals surface area contributed by atoms with Crippen LogP contribution in [0.1, 0.15) is 29.7 Å². The van der Waals surface area contributed by atoms with Crippen molar-refractivity contribution < 1.29 is 9.13 Å². The van der Waals surface area contributed by atoms with E-state index in [9.17, 15) is 4.39 Å². The van der Waals surface area contributed by atoms with Gasteiger partial charge in [-0.1, -0.05) is 35.9 Å². The maximum absolute atomic E-state index is 13.9. The third-order valence-electron chi connectivity index (χ3n) is 3.57. The smallest absolute Gasteiger partial charge is 0.126 e. The van der Waals surface area contributed by atoms with Crippen LogP contribution in [0.4, 0.5) is 4.39 Å². The summed E-state index contributed by atoms with van der Waals surface area (Å²) < 4.78 is 19.6. The highest BCUT2D eigenvalue weighted by Crippen LogP contribution is 2.29. The molecule has 2 aromatic rings. The molecule has 2 aromatic carbocycles. The molecule has 0 aromatic heterocycles. The first-order chi connectivity index (χ1) is 10.2. The fourth-order valence-corrected chi connectivity index (χ4v) is 2.48. The van der Waals surface area contributed by atoms with Gasteiger partial charge in [0.1, 0.15) is 11.6 Å². The molecule has 21 heavy (non-hydrogen) atoms. The zero-order valence-electron chi connectivity index (χ0n) is 12.8. The van der Waals surface area contributed by atoms with Gasteiger partial charge in [-0.25, -0.2) is 4.39 Å². The van der Waals surface area contributed by atoms with Gasteiger partial charge < -0.3 is 10.1 Å². The van der Waals surface area contributed by atoms with Gasteiger partial charge in [0.25, 0.3) is 0 Å². The van der Waals surface area contributed by atoms with Gasteiger partial charge in [0, 0.05) is 11.6 Å². The summed E-state index contributed by atoms with van der Waals surface area (Å²) in [5, 5.41) is 3.27. The Balaban J connectivity index is 2.33. The Labute approximate surface area is 126 Å². The van der Waals surface area contributed by atoms with Crippen LogP contribution in [-0.2, 0) is 6.42 Å². The number of likely N-dealkylation sites (N-methyl/N-ethyl adjacent to an activating group) is 1. The van der Waals surface area contributed by atoms with Gasteiger partial charge in [-0.15, -0.1) is 0 Å². The van der Waals surface area contributed by atoms with Gasteiger partial charge in [-0.05, 0) is 45.0 Å². The molecule has 0 radical (unpaired) electrons. The molecule has 0 aliphatic rings. The minimum Gasteiger partial charge on any atom is -0.494 e. The molecular weight excluding hydrogens is 265 g/mol. The van der Waals surface area contributed by atoms with E-state index >= 15 is 0 Å². The van der Waals surface area contributed by atoms with E-state index < -0.39 is 0 Å². The van der Waals surface area contributed by atoms with Gasteiger partial charge in [0.2, 0.25) is 0 Å². The third kappa shape index (κ3) is 3.82. The van der Waals surface area contributed by atoms with E-state index in [1.807, 2.05) is 38.2 Å². The van der Waals surface area contributed by atoms with E-state index in [4.69, 9.17) is 4.74 Å². The van der Waals surface area contributed by atoms with Crippen LogP contribution in [0.3, 0.4) is 0 Å². The monoisotopic (exact) mass is 287 g/mol. The summed E-state index contributed by atoms with van der Waals surface area (Å²) in [5.74, 6) is 0.696. The molecule has 0 fully saturated rings. The number of rotatable bonds is 6. The first kappa shape index (κ1) is 15.5. The van der Waals surface area contributed by atoms with E-state index in [0.717, 1.165) is 11.3 Å². The normalized spacial score (nSPS) is 12.2. The van der Waals surface area contributed by atoms with Crippen LogP contribution in [0.15, 0.2) is 42.5 Å². The lowest BCUT2D eigenvalue weighted by atomic mass is 9.96. The van der Waals surface area contributed by atoms with Gasteiger partial charge in [-0.2, -0.15) is 0 Å². The van der Waals surface area contributed by atoms with E-state index in [0.29, 0.717) is 18.6 Å². The van der Waals surface area contributed by atoms with E-state index in [-0.39, 0.29) is 11.9 Å². The lowest BCUT2D eigenvalue weighted by Gasteiger charge is -2.21. The molecule has 3 heteroatoms. The lowest BCUT2D eigenvalue weighted by Crippen LogP contribution is -2.20. The number of ether oxygens (including phenoxy) is 1. The highest BCUT2D eigenvalue weighted by molar-refractivity contribution is 5.40. The molecule has 0 heterocycles. The average molecular weight is 287 g/mol. The Morgan fingerprint density at radius 1 is 1.19 bits per heavy atom. The minimum atomic E-state index is -0.164. The molecule has 112 valence electrons. The summed E-state index contributed by atoms with van der Waals surface area (Å²) in [6.07, 6.45) is 0.590. The number of hydrogen-bond acceptors (Lipinski definition) is 2. The lowest BCUT2D eigenvalue weighted by molar-refractivity contribution is 0.331. The molecule has 0 saturated heterocycles. The van der Waals surface area contributed by atoms with E-state index in [1.54, 1.807) is 6.07 Å². The Bertz CT molecular complexity index is 598. The first-order valence-corrected chi connectivity index (χ1v) is 7.29. The van der Waals surface area contributed by atoms with Crippen molar-refractivity contribution in [2.24, 2.45) is 0 Å². The highest BCUT2D eigenvalue weighted by Gasteiger charge is 2.17. The van der Waals surface area contributed by atoms with Crippen LogP contribution in [0.25, 0.3) is 0 Å². The number of nitrogens with one attached hydrogen (secondary N) is 1. The molecule has 0 aliphatic heterocycles. The molecule has 1 atom stereocenters. The highest BCUT2D eigenvalue weighted by atomic mass is 19.1. The van der Waals surface area contributed by atoms with Crippen LogP contribution in [0, 0.1) is 12.7 Å². The third-order valence-corrected chi connectivity index (χ3v) is 3.57. The second-order valence-electron chi connectivity index (χ2n) is 5.11. The van der Waals surface area contributed by atoms with Crippen LogP contribution in [-0.4, -0.2) is 13.7 Å². The standard InChI is InChI=1S/C18H22FNO/c1-4-21-18-10-9-13(2)11-15(18)17(20-3)12-14-7-5-6-8-16(14)19/h5-11,17,20H,4,12H2,1-3H3. The molecule has 0 bridgehead atoms. The van der Waals surface area contributed by atoms with Gasteiger partial charge in [-0.3, -0.25) is 0 Å². The largest absolute Gasteiger partial charge is 0.494 e. The SMILES string of the molecule is CCOc1ccc(C)cc1C(Cc1ccccc1F)NC. The molecule has 1 unspecified atom stereocenters. The zero-order chi connectivity index (χ0) is 15.2. The van der Waals surface area contributed by atoms with Gasteiger partial charge >= 0.3 is 0 Å². The number of benzene rings is 2. The summed E-state index contributed by atoms with van der Waals surface area (Å²) >= 11 is 0. The van der Waals surface area contributed by atoms with Crippen molar-refractivity contribution in [1.82, 2.24) is 5.32 Å². The summed E-state index contributed by atoms with van der Waals surface area (Å²) in [5.41, 5.74) is 2.95. The second kappa shape index (κ2) is 7.23. The predicted molar refractivity (Wildman–Crippen MR) is 84.3 cm³/mol. The van der Waals surface area contributed by atoms with Crippen molar-refractivity contribution >= 4 is 0 Å². The van der Waals surface area contributed by atoms with Crippen LogP contribution < -0.4 is 10.1 Å². The molecule has 0 aliphatic carbocycles. The maximum Gasteiger partial charge on any atom is 0.126 e. The van der Waals surface area contributed by atoms with Crippen molar-refractivity contribution in [2.75, 3.05) is 13.7 Å². The minimum absolute atomic E-state index is 0.0170. The van der Waals surface area contributed by atoms with Crippen molar-refractivity contribution in [3.8, 4) is 5.75 Å². The first-order valence-electron chi connectivity index (χ1n) is 7.29. The zero-order valence-corrected chi connectivity index (χ0v) is 12.8. The Hall–Kier alpha value is -1.87. The van der Waals surface area contributed by atoms with Crippen molar-refractivity contribution in [2.45, 2.75) is 26.3 Å². The fourth-order valence-electron chi connectivity index (χ4n) is 2.48. The molecule has 0 amide bonds. The summed E-state index contributed by atoms with van der Waals surface area (Å²) in [4.78, 5) is 0. The van der Waals surface area contributed by atoms with E-state index in [1.165, 1.54) is 11.6 Å². The molecule has 1 N–H and O–H groups in total. The molecule has 2 rings (SSSR count). The topological polar surface area (TPSA) is 21.3 Å². The van der Waals surface area contributed by atoms with Crippen LogP contribution in [0.5, 0.6) is 5.75 Å². The number of aryl methyl sites for hydroxylation is 1. The molecular formula is C18H22FNO. The summed E-state index contributed by atoms with van der Waals surface area (Å²) in [6.45, 7) is 4.64.